The molecule has 72 valence electrons. The van der Waals surface area contributed by atoms with Gasteiger partial charge in [0.05, 0.1) is 12.6 Å². The number of hydrogen-bond acceptors (Lipinski definition) is 3. The minimum Gasteiger partial charge on any atom is -0.392 e. The second-order valence-electron chi connectivity index (χ2n) is 3.57. The summed E-state index contributed by atoms with van der Waals surface area (Å²) >= 11 is 0. The van der Waals surface area contributed by atoms with Crippen LogP contribution in [0.25, 0.3) is 0 Å². The van der Waals surface area contributed by atoms with Crippen molar-refractivity contribution < 1.29 is 5.11 Å². The summed E-state index contributed by atoms with van der Waals surface area (Å²) in [5.74, 6) is 1.46. The SMILES string of the molecule is OC(CNCc1ncc[nH]1)C1CC1. The maximum absolute atomic E-state index is 9.52. The van der Waals surface area contributed by atoms with Gasteiger partial charge in [-0.2, -0.15) is 0 Å². The average Bonchev–Trinajstić information content (AvgIpc) is 2.86. The molecule has 1 saturated carbocycles. The van der Waals surface area contributed by atoms with E-state index >= 15 is 0 Å². The molecule has 1 aromatic heterocycles. The van der Waals surface area contributed by atoms with E-state index < -0.39 is 0 Å². The van der Waals surface area contributed by atoms with Crippen LogP contribution < -0.4 is 5.32 Å². The van der Waals surface area contributed by atoms with Crippen LogP contribution in [0.1, 0.15) is 18.7 Å². The Balaban J connectivity index is 1.63. The molecule has 1 aliphatic carbocycles. The summed E-state index contributed by atoms with van der Waals surface area (Å²) < 4.78 is 0. The van der Waals surface area contributed by atoms with Crippen LogP contribution in [0.3, 0.4) is 0 Å². The van der Waals surface area contributed by atoms with Gasteiger partial charge in [-0.25, -0.2) is 4.98 Å². The maximum atomic E-state index is 9.52. The molecule has 1 aromatic rings. The van der Waals surface area contributed by atoms with E-state index in [1.807, 2.05) is 0 Å². The predicted molar refractivity (Wildman–Crippen MR) is 49.0 cm³/mol. The topological polar surface area (TPSA) is 60.9 Å². The molecule has 2 rings (SSSR count). The third-order valence-electron chi connectivity index (χ3n) is 2.37. The van der Waals surface area contributed by atoms with E-state index in [-0.39, 0.29) is 6.10 Å². The Morgan fingerprint density at radius 2 is 2.54 bits per heavy atom. The van der Waals surface area contributed by atoms with Crippen molar-refractivity contribution in [2.75, 3.05) is 6.54 Å². The summed E-state index contributed by atoms with van der Waals surface area (Å²) in [6.45, 7) is 1.38. The minimum atomic E-state index is -0.171. The molecule has 13 heavy (non-hydrogen) atoms. The first-order chi connectivity index (χ1) is 6.36. The summed E-state index contributed by atoms with van der Waals surface area (Å²) in [6, 6.07) is 0. The van der Waals surface area contributed by atoms with Gasteiger partial charge in [0.25, 0.3) is 0 Å². The zero-order chi connectivity index (χ0) is 9.10. The molecular formula is C9H15N3O. The van der Waals surface area contributed by atoms with Gasteiger partial charge in [-0.05, 0) is 18.8 Å². The second-order valence-corrected chi connectivity index (χ2v) is 3.57. The molecule has 0 spiro atoms. The lowest BCUT2D eigenvalue weighted by Gasteiger charge is -2.08. The summed E-state index contributed by atoms with van der Waals surface area (Å²) in [4.78, 5) is 7.07. The third-order valence-corrected chi connectivity index (χ3v) is 2.37. The van der Waals surface area contributed by atoms with Gasteiger partial charge in [0.15, 0.2) is 0 Å². The molecule has 1 aliphatic rings. The van der Waals surface area contributed by atoms with Crippen molar-refractivity contribution in [3.63, 3.8) is 0 Å². The highest BCUT2D eigenvalue weighted by Crippen LogP contribution is 2.32. The minimum absolute atomic E-state index is 0.171. The highest BCUT2D eigenvalue weighted by molar-refractivity contribution is 4.87. The monoisotopic (exact) mass is 181 g/mol. The van der Waals surface area contributed by atoms with Crippen LogP contribution in [0.4, 0.5) is 0 Å². The zero-order valence-electron chi connectivity index (χ0n) is 7.53. The van der Waals surface area contributed by atoms with Crippen LogP contribution in [-0.2, 0) is 6.54 Å². The smallest absolute Gasteiger partial charge is 0.120 e. The fraction of sp³-hybridized carbons (Fsp3) is 0.667. The van der Waals surface area contributed by atoms with Crippen LogP contribution in [0.5, 0.6) is 0 Å². The molecule has 4 heteroatoms. The van der Waals surface area contributed by atoms with Gasteiger partial charge in [0.2, 0.25) is 0 Å². The van der Waals surface area contributed by atoms with Gasteiger partial charge in [0, 0.05) is 18.9 Å². The molecule has 4 nitrogen and oxygen atoms in total. The number of nitrogens with one attached hydrogen (secondary N) is 2. The molecule has 0 amide bonds. The molecule has 1 heterocycles. The van der Waals surface area contributed by atoms with Crippen molar-refractivity contribution in [3.8, 4) is 0 Å². The fourth-order valence-electron chi connectivity index (χ4n) is 1.38. The first kappa shape index (κ1) is 8.72. The summed E-state index contributed by atoms with van der Waals surface area (Å²) in [6.07, 6.45) is 5.73. The Labute approximate surface area is 77.4 Å². The Hall–Kier alpha value is -0.870. The number of nitrogens with zero attached hydrogens (tertiary/aromatic N) is 1. The third kappa shape index (κ3) is 2.54. The Bertz CT molecular complexity index is 243. The standard InChI is InChI=1S/C9H15N3O/c13-8(7-1-2-7)5-10-6-9-11-3-4-12-9/h3-4,7-8,10,13H,1-2,5-6H2,(H,11,12). The predicted octanol–water partition coefficient (Wildman–Crippen LogP) is 0.270. The van der Waals surface area contributed by atoms with Gasteiger partial charge in [-0.15, -0.1) is 0 Å². The van der Waals surface area contributed by atoms with E-state index in [9.17, 15) is 5.11 Å². The summed E-state index contributed by atoms with van der Waals surface area (Å²) in [5.41, 5.74) is 0. The van der Waals surface area contributed by atoms with Crippen LogP contribution in [0.2, 0.25) is 0 Å². The van der Waals surface area contributed by atoms with Gasteiger partial charge in [-0.1, -0.05) is 0 Å². The zero-order valence-corrected chi connectivity index (χ0v) is 7.53. The normalized spacial score (nSPS) is 18.8. The van der Waals surface area contributed by atoms with E-state index in [2.05, 4.69) is 15.3 Å². The molecule has 1 fully saturated rings. The van der Waals surface area contributed by atoms with E-state index in [1.54, 1.807) is 12.4 Å². The van der Waals surface area contributed by atoms with Crippen molar-refractivity contribution in [3.05, 3.63) is 18.2 Å². The van der Waals surface area contributed by atoms with E-state index in [4.69, 9.17) is 0 Å². The number of aliphatic hydroxyl groups is 1. The number of H-pyrrole nitrogens is 1. The second kappa shape index (κ2) is 3.89. The Kier molecular flexibility index (Phi) is 2.61. The molecule has 1 unspecified atom stereocenters. The summed E-state index contributed by atoms with van der Waals surface area (Å²) in [7, 11) is 0. The number of rotatable bonds is 5. The van der Waals surface area contributed by atoms with Gasteiger partial charge >= 0.3 is 0 Å². The molecule has 0 aromatic carbocycles. The number of hydrogen-bond donors (Lipinski definition) is 3. The van der Waals surface area contributed by atoms with Crippen molar-refractivity contribution in [1.82, 2.24) is 15.3 Å². The molecule has 0 bridgehead atoms. The van der Waals surface area contributed by atoms with Crippen LogP contribution >= 0.6 is 0 Å². The van der Waals surface area contributed by atoms with Crippen molar-refractivity contribution in [2.24, 2.45) is 5.92 Å². The first-order valence-corrected chi connectivity index (χ1v) is 4.73. The van der Waals surface area contributed by atoms with Crippen LogP contribution in [0, 0.1) is 5.92 Å². The Morgan fingerprint density at radius 3 is 3.15 bits per heavy atom. The fourth-order valence-corrected chi connectivity index (χ4v) is 1.38. The molecule has 0 aliphatic heterocycles. The highest BCUT2D eigenvalue weighted by Gasteiger charge is 2.28. The first-order valence-electron chi connectivity index (χ1n) is 4.73. The van der Waals surface area contributed by atoms with Crippen LogP contribution in [0.15, 0.2) is 12.4 Å². The number of imidazole rings is 1. The van der Waals surface area contributed by atoms with Gasteiger partial charge in [0.1, 0.15) is 5.82 Å². The van der Waals surface area contributed by atoms with Crippen molar-refractivity contribution in [1.29, 1.82) is 0 Å². The quantitative estimate of drug-likeness (QED) is 0.611. The van der Waals surface area contributed by atoms with Crippen LogP contribution in [-0.4, -0.2) is 27.7 Å². The van der Waals surface area contributed by atoms with E-state index in [1.165, 1.54) is 12.8 Å². The van der Waals surface area contributed by atoms with Crippen molar-refractivity contribution in [2.45, 2.75) is 25.5 Å². The molecule has 0 radical (unpaired) electrons. The lowest BCUT2D eigenvalue weighted by molar-refractivity contribution is 0.148. The van der Waals surface area contributed by atoms with Gasteiger partial charge in [-0.3, -0.25) is 0 Å². The molecule has 3 N–H and O–H groups in total. The lowest BCUT2D eigenvalue weighted by Crippen LogP contribution is -2.28. The van der Waals surface area contributed by atoms with Crippen molar-refractivity contribution >= 4 is 0 Å². The summed E-state index contributed by atoms with van der Waals surface area (Å²) in [5, 5.41) is 12.7. The maximum Gasteiger partial charge on any atom is 0.120 e. The molecule has 0 saturated heterocycles. The number of aromatic amines is 1. The lowest BCUT2D eigenvalue weighted by atomic mass is 10.2. The molecular weight excluding hydrogens is 166 g/mol. The average molecular weight is 181 g/mol. The van der Waals surface area contributed by atoms with Gasteiger partial charge < -0.3 is 15.4 Å². The molecule has 1 atom stereocenters. The number of aliphatic hydroxyl groups excluding tert-OH is 1. The number of aromatic nitrogens is 2. The largest absolute Gasteiger partial charge is 0.392 e. The van der Waals surface area contributed by atoms with E-state index in [0.717, 1.165) is 5.82 Å². The van der Waals surface area contributed by atoms with E-state index in [0.29, 0.717) is 19.0 Å². The Morgan fingerprint density at radius 1 is 1.69 bits per heavy atom. The highest BCUT2D eigenvalue weighted by atomic mass is 16.3.